The van der Waals surface area contributed by atoms with Crippen LogP contribution in [0.4, 0.5) is 17.5 Å². The number of nitriles is 1. The van der Waals surface area contributed by atoms with Crippen LogP contribution in [0.2, 0.25) is 5.02 Å². The minimum atomic E-state index is 0.411. The van der Waals surface area contributed by atoms with Gasteiger partial charge in [-0.05, 0) is 63.4 Å². The third kappa shape index (κ3) is 4.17. The molecule has 3 heterocycles. The number of nitrogens with zero attached hydrogens (tertiary/aromatic N) is 5. The second-order valence-electron chi connectivity index (χ2n) is 8.05. The second-order valence-corrected chi connectivity index (χ2v) is 8.46. The van der Waals surface area contributed by atoms with Crippen molar-refractivity contribution in [3.8, 4) is 6.07 Å². The largest absolute Gasteiger partial charge is 0.354 e. The molecule has 0 bridgehead atoms. The van der Waals surface area contributed by atoms with Crippen molar-refractivity contribution in [2.75, 3.05) is 30.4 Å². The fourth-order valence-electron chi connectivity index (χ4n) is 4.65. The van der Waals surface area contributed by atoms with Crippen molar-refractivity contribution < 1.29 is 0 Å². The normalized spacial score (nSPS) is 21.9. The lowest BCUT2D eigenvalue weighted by Crippen LogP contribution is -2.56. The van der Waals surface area contributed by atoms with Crippen LogP contribution in [0, 0.1) is 18.3 Å². The van der Waals surface area contributed by atoms with Crippen molar-refractivity contribution in [1.82, 2.24) is 14.9 Å². The molecule has 2 saturated heterocycles. The van der Waals surface area contributed by atoms with E-state index in [4.69, 9.17) is 16.6 Å². The van der Waals surface area contributed by atoms with Crippen molar-refractivity contribution in [3.05, 3.63) is 40.5 Å². The number of fused-ring (bicyclic) bond motifs is 1. The predicted octanol–water partition coefficient (Wildman–Crippen LogP) is 4.51. The second kappa shape index (κ2) is 8.56. The van der Waals surface area contributed by atoms with E-state index in [0.29, 0.717) is 28.6 Å². The lowest BCUT2D eigenvalue weighted by molar-refractivity contribution is 0.0894. The van der Waals surface area contributed by atoms with E-state index in [1.807, 2.05) is 25.1 Å². The molecule has 0 aliphatic carbocycles. The first-order valence-electron chi connectivity index (χ1n) is 10.3. The molecule has 2 fully saturated rings. The lowest BCUT2D eigenvalue weighted by Gasteiger charge is -2.47. The highest BCUT2D eigenvalue weighted by atomic mass is 35.5. The van der Waals surface area contributed by atoms with Gasteiger partial charge in [0.1, 0.15) is 5.02 Å². The van der Waals surface area contributed by atoms with Crippen molar-refractivity contribution in [2.45, 2.75) is 51.1 Å². The zero-order valence-electron chi connectivity index (χ0n) is 17.0. The number of likely N-dealkylation sites (N-methyl/N-ethyl adjacent to an activating group) is 1. The molecule has 6 nitrogen and oxygen atoms in total. The Hall–Kier alpha value is -2.36. The number of aromatic nitrogens is 2. The van der Waals surface area contributed by atoms with Gasteiger partial charge in [0.15, 0.2) is 5.82 Å². The standard InChI is InChI=1S/C22H27ClN6/c1-15-8-9-17(12-16(15)13-24)26-22-25-14-18(23)21(27-22)28(2)19-7-5-11-29-10-4-3-6-20(19)29/h8-9,12,14,19-20H,3-7,10-11H2,1-2H3,(H,25,26,27)/t19-,20+/m0/s1. The van der Waals surface area contributed by atoms with Gasteiger partial charge in [-0.3, -0.25) is 4.90 Å². The van der Waals surface area contributed by atoms with Gasteiger partial charge in [-0.2, -0.15) is 10.2 Å². The van der Waals surface area contributed by atoms with Gasteiger partial charge >= 0.3 is 0 Å². The van der Waals surface area contributed by atoms with Crippen LogP contribution in [0.25, 0.3) is 0 Å². The van der Waals surface area contributed by atoms with Gasteiger partial charge in [-0.25, -0.2) is 4.98 Å². The number of piperidine rings is 2. The molecule has 2 aromatic rings. The van der Waals surface area contributed by atoms with E-state index in [9.17, 15) is 5.26 Å². The quantitative estimate of drug-likeness (QED) is 0.799. The number of benzene rings is 1. The molecule has 0 radical (unpaired) electrons. The summed E-state index contributed by atoms with van der Waals surface area (Å²) in [5.41, 5.74) is 2.38. The number of hydrogen-bond donors (Lipinski definition) is 1. The Morgan fingerprint density at radius 2 is 2.07 bits per heavy atom. The molecule has 4 rings (SSSR count). The minimum absolute atomic E-state index is 0.411. The molecule has 0 saturated carbocycles. The van der Waals surface area contributed by atoms with Gasteiger partial charge in [0, 0.05) is 24.8 Å². The van der Waals surface area contributed by atoms with Gasteiger partial charge in [-0.1, -0.05) is 24.1 Å². The Bertz CT molecular complexity index is 922. The smallest absolute Gasteiger partial charge is 0.229 e. The predicted molar refractivity (Wildman–Crippen MR) is 117 cm³/mol. The van der Waals surface area contributed by atoms with E-state index < -0.39 is 0 Å². The lowest BCUT2D eigenvalue weighted by atomic mass is 9.88. The van der Waals surface area contributed by atoms with Crippen molar-refractivity contribution >= 4 is 29.1 Å². The monoisotopic (exact) mass is 410 g/mol. The maximum absolute atomic E-state index is 9.26. The summed E-state index contributed by atoms with van der Waals surface area (Å²) in [5.74, 6) is 1.24. The number of aryl methyl sites for hydroxylation is 1. The first-order valence-corrected chi connectivity index (χ1v) is 10.7. The average molecular weight is 411 g/mol. The topological polar surface area (TPSA) is 68.1 Å². The summed E-state index contributed by atoms with van der Waals surface area (Å²) in [7, 11) is 2.10. The molecule has 0 spiro atoms. The number of anilines is 3. The Morgan fingerprint density at radius 1 is 1.24 bits per heavy atom. The molecule has 1 aromatic carbocycles. The summed E-state index contributed by atoms with van der Waals surface area (Å²) < 4.78 is 0. The fourth-order valence-corrected chi connectivity index (χ4v) is 4.87. The zero-order chi connectivity index (χ0) is 20.4. The minimum Gasteiger partial charge on any atom is -0.354 e. The maximum Gasteiger partial charge on any atom is 0.229 e. The molecule has 29 heavy (non-hydrogen) atoms. The molecule has 0 amide bonds. The van der Waals surface area contributed by atoms with Crippen molar-refractivity contribution in [1.29, 1.82) is 5.26 Å². The number of halogens is 1. The Balaban J connectivity index is 1.57. The van der Waals surface area contributed by atoms with E-state index in [2.05, 4.69) is 33.2 Å². The van der Waals surface area contributed by atoms with Crippen LogP contribution in [0.15, 0.2) is 24.4 Å². The first kappa shape index (κ1) is 19.9. The average Bonchev–Trinajstić information content (AvgIpc) is 2.75. The van der Waals surface area contributed by atoms with E-state index >= 15 is 0 Å². The molecule has 1 aromatic heterocycles. The Kier molecular flexibility index (Phi) is 5.89. The van der Waals surface area contributed by atoms with E-state index in [0.717, 1.165) is 23.5 Å². The Morgan fingerprint density at radius 3 is 2.90 bits per heavy atom. The fraction of sp³-hybridized carbons (Fsp3) is 0.500. The summed E-state index contributed by atoms with van der Waals surface area (Å²) in [5, 5.41) is 13.0. The summed E-state index contributed by atoms with van der Waals surface area (Å²) in [6, 6.07) is 8.86. The SMILES string of the molecule is Cc1ccc(Nc2ncc(Cl)c(N(C)[C@H]3CCCN4CCCC[C@H]34)n2)cc1C#N. The molecular weight excluding hydrogens is 384 g/mol. The van der Waals surface area contributed by atoms with Gasteiger partial charge < -0.3 is 10.2 Å². The summed E-state index contributed by atoms with van der Waals surface area (Å²) in [6.07, 6.45) is 7.86. The molecule has 2 aliphatic heterocycles. The van der Waals surface area contributed by atoms with E-state index in [1.54, 1.807) is 6.20 Å². The van der Waals surface area contributed by atoms with Crippen LogP contribution in [0.3, 0.4) is 0 Å². The molecule has 2 aliphatic rings. The van der Waals surface area contributed by atoms with Gasteiger partial charge in [0.25, 0.3) is 0 Å². The molecule has 2 atom stereocenters. The third-order valence-electron chi connectivity index (χ3n) is 6.22. The molecule has 152 valence electrons. The highest BCUT2D eigenvalue weighted by molar-refractivity contribution is 6.32. The molecule has 1 N–H and O–H groups in total. The molecule has 0 unspecified atom stereocenters. The van der Waals surface area contributed by atoms with Gasteiger partial charge in [-0.15, -0.1) is 0 Å². The number of rotatable bonds is 4. The van der Waals surface area contributed by atoms with Crippen LogP contribution in [-0.2, 0) is 0 Å². The van der Waals surface area contributed by atoms with Crippen molar-refractivity contribution in [2.24, 2.45) is 0 Å². The number of hydrogen-bond acceptors (Lipinski definition) is 6. The van der Waals surface area contributed by atoms with Crippen molar-refractivity contribution in [3.63, 3.8) is 0 Å². The molecule has 7 heteroatoms. The first-order chi connectivity index (χ1) is 14.1. The van der Waals surface area contributed by atoms with Crippen LogP contribution < -0.4 is 10.2 Å². The number of nitrogens with one attached hydrogen (secondary N) is 1. The van der Waals surface area contributed by atoms with Crippen LogP contribution >= 0.6 is 11.6 Å². The summed E-state index contributed by atoms with van der Waals surface area (Å²) in [4.78, 5) is 14.0. The summed E-state index contributed by atoms with van der Waals surface area (Å²) >= 11 is 6.51. The van der Waals surface area contributed by atoms with Crippen LogP contribution in [0.5, 0.6) is 0 Å². The maximum atomic E-state index is 9.26. The third-order valence-corrected chi connectivity index (χ3v) is 6.49. The van der Waals surface area contributed by atoms with Gasteiger partial charge in [0.2, 0.25) is 5.95 Å². The highest BCUT2D eigenvalue weighted by Crippen LogP contribution is 2.33. The Labute approximate surface area is 177 Å². The molecular formula is C22H27ClN6. The van der Waals surface area contributed by atoms with Crippen LogP contribution in [-0.4, -0.2) is 47.1 Å². The van der Waals surface area contributed by atoms with Gasteiger partial charge in [0.05, 0.1) is 17.8 Å². The zero-order valence-corrected chi connectivity index (χ0v) is 17.8. The van der Waals surface area contributed by atoms with E-state index in [-0.39, 0.29) is 0 Å². The summed E-state index contributed by atoms with van der Waals surface area (Å²) in [6.45, 7) is 4.33. The van der Waals surface area contributed by atoms with Crippen LogP contribution in [0.1, 0.15) is 43.2 Å². The van der Waals surface area contributed by atoms with E-state index in [1.165, 1.54) is 38.8 Å². The highest BCUT2D eigenvalue weighted by Gasteiger charge is 2.36.